The smallest absolute Gasteiger partial charge is 0.726 e. The molecule has 1 aromatic carbocycles. The summed E-state index contributed by atoms with van der Waals surface area (Å²) in [5.74, 6) is -3.18. The fourth-order valence-electron chi connectivity index (χ4n) is 2.57. The molecule has 1 rings (SSSR count). The molecule has 0 amide bonds. The summed E-state index contributed by atoms with van der Waals surface area (Å²) < 4.78 is 34.5. The van der Waals surface area contributed by atoms with E-state index in [9.17, 15) is 17.8 Å². The van der Waals surface area contributed by atoms with Crippen molar-refractivity contribution in [3.8, 4) is 17.2 Å². The van der Waals surface area contributed by atoms with E-state index in [1.165, 1.54) is 44.9 Å². The van der Waals surface area contributed by atoms with Gasteiger partial charge < -0.3 is 25.0 Å². The first-order valence-corrected chi connectivity index (χ1v) is 11.0. The molecule has 0 aliphatic rings. The van der Waals surface area contributed by atoms with Crippen LogP contribution in [0.15, 0.2) is 12.1 Å². The quantitative estimate of drug-likeness (QED) is 0.145. The average molecular weight is 459 g/mol. The van der Waals surface area contributed by atoms with Gasteiger partial charge in [0.1, 0.15) is 22.8 Å². The van der Waals surface area contributed by atoms with E-state index in [0.717, 1.165) is 25.0 Å². The van der Waals surface area contributed by atoms with Gasteiger partial charge in [-0.25, -0.2) is 13.2 Å². The topological polar surface area (TPSA) is 164 Å². The summed E-state index contributed by atoms with van der Waals surface area (Å²) in [7, 11) is -4.48. The summed E-state index contributed by atoms with van der Waals surface area (Å²) in [4.78, 5) is 10.4. The first-order valence-electron chi connectivity index (χ1n) is 9.67. The van der Waals surface area contributed by atoms with Crippen molar-refractivity contribution >= 4 is 16.4 Å². The molecular formula is C19H31NaO9S. The average Bonchev–Trinajstić information content (AvgIpc) is 2.58. The van der Waals surface area contributed by atoms with Crippen LogP contribution in [0, 0.1) is 0 Å². The molecule has 0 saturated carbocycles. The molecule has 0 unspecified atom stereocenters. The number of hydrogen-bond acceptors (Lipinski definition) is 8. The Hall–Kier alpha value is -1.04. The zero-order chi connectivity index (χ0) is 22.3. The van der Waals surface area contributed by atoms with Crippen LogP contribution in [0.3, 0.4) is 0 Å². The van der Waals surface area contributed by atoms with Crippen LogP contribution in [0.25, 0.3) is 0 Å². The van der Waals surface area contributed by atoms with E-state index in [-0.39, 0.29) is 36.2 Å². The molecule has 11 heteroatoms. The van der Waals surface area contributed by atoms with E-state index in [0.29, 0.717) is 6.42 Å². The predicted molar refractivity (Wildman–Crippen MR) is 106 cm³/mol. The second-order valence-electron chi connectivity index (χ2n) is 6.58. The van der Waals surface area contributed by atoms with Gasteiger partial charge in [-0.3, -0.25) is 4.18 Å². The zero-order valence-electron chi connectivity index (χ0n) is 17.7. The molecular weight excluding hydrogens is 427 g/mol. The van der Waals surface area contributed by atoms with Crippen LogP contribution >= 0.6 is 0 Å². The molecule has 0 aliphatic carbocycles. The normalized spacial score (nSPS) is 10.6. The van der Waals surface area contributed by atoms with Crippen LogP contribution in [-0.2, 0) is 14.6 Å². The molecule has 0 radical (unpaired) electrons. The number of rotatable bonds is 13. The standard InChI is InChI=1S/C12H26O4S.C7H6O5.Na/c1-2-3-4-5-6-7-8-9-10-11-12-16-17(13,14)15;8-3-1-4(9)6(7(11)12)5(10)2-3;/h2-12H2,1H3,(H,13,14,15);1-2,8-10H,(H,11,12);/q;;+1/p-1. The maximum absolute atomic E-state index is 10.4. The molecule has 4 N–H and O–H groups in total. The molecule has 0 atom stereocenters. The molecule has 1 aromatic rings. The summed E-state index contributed by atoms with van der Waals surface area (Å²) in [6, 6.07) is 1.67. The molecule has 0 bridgehead atoms. The summed E-state index contributed by atoms with van der Waals surface area (Å²) in [6.45, 7) is 2.24. The van der Waals surface area contributed by atoms with Crippen molar-refractivity contribution in [1.29, 1.82) is 0 Å². The van der Waals surface area contributed by atoms with Gasteiger partial charge in [-0.1, -0.05) is 64.7 Å². The minimum absolute atomic E-state index is 0. The first kappa shape index (κ1) is 31.1. The number of aromatic carboxylic acids is 1. The van der Waals surface area contributed by atoms with Crippen LogP contribution in [0.1, 0.15) is 81.5 Å². The number of aromatic hydroxyl groups is 3. The van der Waals surface area contributed by atoms with Crippen molar-refractivity contribution in [2.75, 3.05) is 6.61 Å². The van der Waals surface area contributed by atoms with Crippen LogP contribution < -0.4 is 29.6 Å². The van der Waals surface area contributed by atoms with Gasteiger partial charge in [-0.15, -0.1) is 0 Å². The fraction of sp³-hybridized carbons (Fsp3) is 0.632. The second kappa shape index (κ2) is 17.6. The minimum atomic E-state index is -4.48. The van der Waals surface area contributed by atoms with Crippen LogP contribution in [0.5, 0.6) is 17.2 Å². The molecule has 0 fully saturated rings. The third-order valence-corrected chi connectivity index (χ3v) is 4.48. The van der Waals surface area contributed by atoms with Gasteiger partial charge >= 0.3 is 35.5 Å². The van der Waals surface area contributed by atoms with Gasteiger partial charge in [0.25, 0.3) is 0 Å². The Labute approximate surface area is 200 Å². The van der Waals surface area contributed by atoms with E-state index >= 15 is 0 Å². The molecule has 0 heterocycles. The van der Waals surface area contributed by atoms with Gasteiger partial charge in [-0.2, -0.15) is 0 Å². The van der Waals surface area contributed by atoms with E-state index < -0.39 is 39.2 Å². The molecule has 0 spiro atoms. The molecule has 0 saturated heterocycles. The molecule has 0 aromatic heterocycles. The van der Waals surface area contributed by atoms with Crippen LogP contribution in [0.4, 0.5) is 0 Å². The van der Waals surface area contributed by atoms with Crippen molar-refractivity contribution in [3.63, 3.8) is 0 Å². The van der Waals surface area contributed by atoms with Gasteiger partial charge in [0.2, 0.25) is 10.4 Å². The summed E-state index contributed by atoms with van der Waals surface area (Å²) in [6.07, 6.45) is 11.7. The number of carbonyl (C=O) groups is 1. The Morgan fingerprint density at radius 3 is 1.67 bits per heavy atom. The van der Waals surface area contributed by atoms with Gasteiger partial charge in [0, 0.05) is 12.1 Å². The van der Waals surface area contributed by atoms with Crippen molar-refractivity contribution in [2.24, 2.45) is 0 Å². The Balaban J connectivity index is 0. The largest absolute Gasteiger partial charge is 1.00 e. The monoisotopic (exact) mass is 458 g/mol. The van der Waals surface area contributed by atoms with Crippen molar-refractivity contribution in [3.05, 3.63) is 17.7 Å². The molecule has 168 valence electrons. The number of phenolic OH excluding ortho intramolecular Hbond substituents is 1. The number of phenols is 3. The van der Waals surface area contributed by atoms with Crippen molar-refractivity contribution in [1.82, 2.24) is 0 Å². The van der Waals surface area contributed by atoms with Crippen molar-refractivity contribution < 1.29 is 71.9 Å². The molecule has 9 nitrogen and oxygen atoms in total. The SMILES string of the molecule is CCCCCCCCCCCCOS(=O)(=O)[O-].O=C(O)c1c(O)cc(O)cc1O.[Na+]. The molecule has 30 heavy (non-hydrogen) atoms. The maximum Gasteiger partial charge on any atom is 1.00 e. The van der Waals surface area contributed by atoms with Gasteiger partial charge in [0.15, 0.2) is 0 Å². The predicted octanol–water partition coefficient (Wildman–Crippen LogP) is 0.890. The van der Waals surface area contributed by atoms with Crippen LogP contribution in [0.2, 0.25) is 0 Å². The summed E-state index contributed by atoms with van der Waals surface area (Å²) in [5.41, 5.74) is -0.618. The van der Waals surface area contributed by atoms with Gasteiger partial charge in [0.05, 0.1) is 6.61 Å². The number of carboxylic acid groups (broad SMARTS) is 1. The van der Waals surface area contributed by atoms with E-state index in [4.69, 9.17) is 20.4 Å². The third-order valence-electron chi connectivity index (χ3n) is 4.02. The summed E-state index contributed by atoms with van der Waals surface area (Å²) in [5, 5.41) is 35.1. The van der Waals surface area contributed by atoms with Gasteiger partial charge in [-0.05, 0) is 6.42 Å². The van der Waals surface area contributed by atoms with Crippen molar-refractivity contribution in [2.45, 2.75) is 71.1 Å². The van der Waals surface area contributed by atoms with E-state index in [2.05, 4.69) is 11.1 Å². The number of hydrogen-bond donors (Lipinski definition) is 4. The Kier molecular flexibility index (Phi) is 18.3. The minimum Gasteiger partial charge on any atom is -0.726 e. The zero-order valence-corrected chi connectivity index (χ0v) is 20.5. The number of carboxylic acids is 1. The maximum atomic E-state index is 10.4. The van der Waals surface area contributed by atoms with E-state index in [1.807, 2.05) is 0 Å². The second-order valence-corrected chi connectivity index (χ2v) is 7.63. The van der Waals surface area contributed by atoms with Crippen LogP contribution in [-0.4, -0.2) is 46.0 Å². The Morgan fingerprint density at radius 1 is 0.900 bits per heavy atom. The summed E-state index contributed by atoms with van der Waals surface area (Å²) >= 11 is 0. The molecule has 0 aliphatic heterocycles. The Morgan fingerprint density at radius 2 is 1.30 bits per heavy atom. The fourth-order valence-corrected chi connectivity index (χ4v) is 2.89. The third kappa shape index (κ3) is 16.7. The number of benzene rings is 1. The Bertz CT molecular complexity index is 685. The number of unbranched alkanes of at least 4 members (excludes halogenated alkanes) is 9. The van der Waals surface area contributed by atoms with E-state index in [1.54, 1.807) is 0 Å². The first-order chi connectivity index (χ1) is 13.6.